The molecular weight excluding hydrogens is 316 g/mol. The van der Waals surface area contributed by atoms with Crippen LogP contribution in [0.25, 0.3) is 0 Å². The first-order valence-electron chi connectivity index (χ1n) is 7.20. The number of rotatable bonds is 7. The van der Waals surface area contributed by atoms with E-state index >= 15 is 0 Å². The van der Waals surface area contributed by atoms with Gasteiger partial charge in [0.2, 0.25) is 11.8 Å². The van der Waals surface area contributed by atoms with Crippen LogP contribution in [0.4, 0.5) is 8.78 Å². The lowest BCUT2D eigenvalue weighted by Crippen LogP contribution is -2.38. The number of hydrogen-bond acceptors (Lipinski definition) is 1. The Morgan fingerprint density at radius 2 is 2.00 bits per heavy atom. The summed E-state index contributed by atoms with van der Waals surface area (Å²) in [5.41, 5.74) is 0. The van der Waals surface area contributed by atoms with Gasteiger partial charge in [0.05, 0.1) is 0 Å². The molecule has 1 aliphatic rings. The lowest BCUT2D eigenvalue weighted by molar-refractivity contribution is -0.129. The number of alkyl halides is 3. The van der Waals surface area contributed by atoms with Gasteiger partial charge < -0.3 is 5.32 Å². The third-order valence-corrected chi connectivity index (χ3v) is 4.32. The number of nitrogens with one attached hydrogen (secondary N) is 1. The minimum atomic E-state index is -2.56. The molecule has 1 aliphatic carbocycles. The van der Waals surface area contributed by atoms with Gasteiger partial charge in [-0.3, -0.25) is 4.79 Å². The molecule has 0 aromatic heterocycles. The van der Waals surface area contributed by atoms with E-state index in [9.17, 15) is 13.6 Å². The Morgan fingerprint density at radius 3 is 2.53 bits per heavy atom. The van der Waals surface area contributed by atoms with Gasteiger partial charge in [-0.1, -0.05) is 29.3 Å². The van der Waals surface area contributed by atoms with E-state index in [1.54, 1.807) is 0 Å². The first kappa shape index (κ1) is 16.9. The van der Waals surface area contributed by atoms with Gasteiger partial charge >= 0.3 is 0 Å². The highest BCUT2D eigenvalue weighted by Gasteiger charge is 2.37. The lowest BCUT2D eigenvalue weighted by atomic mass is 9.86. The van der Waals surface area contributed by atoms with E-state index in [-0.39, 0.29) is 24.7 Å². The summed E-state index contributed by atoms with van der Waals surface area (Å²) in [5, 5.41) is 3.88. The van der Waals surface area contributed by atoms with Crippen molar-refractivity contribution in [3.8, 4) is 0 Å². The van der Waals surface area contributed by atoms with Crippen LogP contribution in [0.3, 0.4) is 0 Å². The monoisotopic (exact) mass is 339 g/mol. The van der Waals surface area contributed by atoms with E-state index in [1.807, 2.05) is 0 Å². The summed E-state index contributed by atoms with van der Waals surface area (Å²) in [5.74, 6) is -2.33. The fourth-order valence-corrected chi connectivity index (χ4v) is 3.25. The van der Waals surface area contributed by atoms with Crippen molar-refractivity contribution in [2.24, 2.45) is 11.8 Å². The first-order valence-corrected chi connectivity index (χ1v) is 8.32. The molecule has 1 saturated carbocycles. The van der Waals surface area contributed by atoms with Crippen LogP contribution < -0.4 is 5.32 Å². The van der Waals surface area contributed by atoms with Crippen LogP contribution in [0, 0.1) is 11.8 Å². The van der Waals surface area contributed by atoms with Crippen molar-refractivity contribution in [1.29, 1.82) is 0 Å². The molecule has 5 heteroatoms. The van der Waals surface area contributed by atoms with Crippen LogP contribution in [0.15, 0.2) is 0 Å². The van der Waals surface area contributed by atoms with Gasteiger partial charge in [-0.25, -0.2) is 8.78 Å². The van der Waals surface area contributed by atoms with Crippen molar-refractivity contribution >= 4 is 21.8 Å². The Kier molecular flexibility index (Phi) is 7.26. The molecule has 1 amide bonds. The normalized spacial score (nSPS) is 21.1. The summed E-state index contributed by atoms with van der Waals surface area (Å²) in [6.07, 6.45) is 3.57. The minimum Gasteiger partial charge on any atom is -0.356 e. The summed E-state index contributed by atoms with van der Waals surface area (Å²) < 4.78 is 26.0. The summed E-state index contributed by atoms with van der Waals surface area (Å²) in [4.78, 5) is 12.0. The molecule has 0 heterocycles. The second kappa shape index (κ2) is 8.18. The maximum absolute atomic E-state index is 13.0. The predicted molar refractivity (Wildman–Crippen MR) is 76.7 cm³/mol. The highest BCUT2D eigenvalue weighted by atomic mass is 79.9. The third-order valence-electron chi connectivity index (χ3n) is 3.87. The van der Waals surface area contributed by atoms with E-state index in [1.165, 1.54) is 0 Å². The van der Waals surface area contributed by atoms with Crippen molar-refractivity contribution in [1.82, 2.24) is 5.32 Å². The van der Waals surface area contributed by atoms with E-state index in [0.717, 1.165) is 24.6 Å². The van der Waals surface area contributed by atoms with Crippen molar-refractivity contribution < 1.29 is 13.6 Å². The highest BCUT2D eigenvalue weighted by molar-refractivity contribution is 9.09. The SMILES string of the molecule is CCCC(CCBr)CNC(=O)C1CCC(F)(F)CC1. The Labute approximate surface area is 122 Å². The highest BCUT2D eigenvalue weighted by Crippen LogP contribution is 2.36. The van der Waals surface area contributed by atoms with Crippen molar-refractivity contribution in [3.05, 3.63) is 0 Å². The summed E-state index contributed by atoms with van der Waals surface area (Å²) in [6, 6.07) is 0. The number of carbonyl (C=O) groups is 1. The lowest BCUT2D eigenvalue weighted by Gasteiger charge is -2.28. The van der Waals surface area contributed by atoms with Crippen molar-refractivity contribution in [2.45, 2.75) is 57.8 Å². The Hall–Kier alpha value is -0.190. The zero-order valence-corrected chi connectivity index (χ0v) is 13.1. The van der Waals surface area contributed by atoms with Crippen LogP contribution in [-0.4, -0.2) is 23.7 Å². The van der Waals surface area contributed by atoms with Gasteiger partial charge in [-0.05, 0) is 31.6 Å². The van der Waals surface area contributed by atoms with Crippen LogP contribution in [0.5, 0.6) is 0 Å². The largest absolute Gasteiger partial charge is 0.356 e. The van der Waals surface area contributed by atoms with Crippen LogP contribution in [0.1, 0.15) is 51.9 Å². The quantitative estimate of drug-likeness (QED) is 0.694. The second-order valence-electron chi connectivity index (χ2n) is 5.51. The molecule has 1 fully saturated rings. The molecule has 1 unspecified atom stereocenters. The molecule has 1 atom stereocenters. The number of amides is 1. The zero-order valence-electron chi connectivity index (χ0n) is 11.6. The van der Waals surface area contributed by atoms with E-state index in [2.05, 4.69) is 28.2 Å². The van der Waals surface area contributed by atoms with E-state index < -0.39 is 5.92 Å². The summed E-state index contributed by atoms with van der Waals surface area (Å²) in [7, 11) is 0. The fourth-order valence-electron chi connectivity index (χ4n) is 2.60. The first-order chi connectivity index (χ1) is 8.98. The molecule has 1 rings (SSSR count). The third kappa shape index (κ3) is 6.19. The Balaban J connectivity index is 2.30. The maximum Gasteiger partial charge on any atom is 0.248 e. The predicted octanol–water partition coefficient (Wildman–Crippen LogP) is 4.13. The molecular formula is C14H24BrF2NO. The van der Waals surface area contributed by atoms with Crippen molar-refractivity contribution in [2.75, 3.05) is 11.9 Å². The summed E-state index contributed by atoms with van der Waals surface area (Å²) >= 11 is 3.42. The van der Waals surface area contributed by atoms with Gasteiger partial charge in [0.1, 0.15) is 0 Å². The molecule has 19 heavy (non-hydrogen) atoms. The maximum atomic E-state index is 13.0. The fraction of sp³-hybridized carbons (Fsp3) is 0.929. The van der Waals surface area contributed by atoms with Crippen LogP contribution in [0.2, 0.25) is 0 Å². The van der Waals surface area contributed by atoms with Gasteiger partial charge in [0.15, 0.2) is 0 Å². The average Bonchev–Trinajstić information content (AvgIpc) is 2.36. The molecule has 0 aromatic rings. The molecule has 0 aliphatic heterocycles. The number of carbonyl (C=O) groups excluding carboxylic acids is 1. The van der Waals surface area contributed by atoms with Crippen LogP contribution >= 0.6 is 15.9 Å². The molecule has 0 aromatic carbocycles. The zero-order chi connectivity index (χ0) is 14.3. The van der Waals surface area contributed by atoms with E-state index in [0.29, 0.717) is 25.3 Å². The molecule has 0 radical (unpaired) electrons. The smallest absolute Gasteiger partial charge is 0.248 e. The van der Waals surface area contributed by atoms with Gasteiger partial charge in [-0.15, -0.1) is 0 Å². The number of halogens is 3. The average molecular weight is 340 g/mol. The Morgan fingerprint density at radius 1 is 1.37 bits per heavy atom. The van der Waals surface area contributed by atoms with Crippen LogP contribution in [-0.2, 0) is 4.79 Å². The van der Waals surface area contributed by atoms with Gasteiger partial charge in [0.25, 0.3) is 0 Å². The van der Waals surface area contributed by atoms with Gasteiger partial charge in [-0.2, -0.15) is 0 Å². The minimum absolute atomic E-state index is 0.0359. The number of hydrogen-bond donors (Lipinski definition) is 1. The Bertz CT molecular complexity index is 271. The summed E-state index contributed by atoms with van der Waals surface area (Å²) in [6.45, 7) is 2.80. The molecule has 0 spiro atoms. The standard InChI is InChI=1S/C14H24BrF2NO/c1-2-3-11(6-9-15)10-18-13(19)12-4-7-14(16,17)8-5-12/h11-12H,2-10H2,1H3,(H,18,19). The molecule has 2 nitrogen and oxygen atoms in total. The molecule has 0 bridgehead atoms. The van der Waals surface area contributed by atoms with Gasteiger partial charge in [0, 0.05) is 30.6 Å². The second-order valence-corrected chi connectivity index (χ2v) is 6.30. The van der Waals surface area contributed by atoms with Crippen molar-refractivity contribution in [3.63, 3.8) is 0 Å². The molecule has 0 saturated heterocycles. The van der Waals surface area contributed by atoms with E-state index in [4.69, 9.17) is 0 Å². The molecule has 112 valence electrons. The molecule has 1 N–H and O–H groups in total. The topological polar surface area (TPSA) is 29.1 Å².